The number of rotatable bonds is 5. The molecule has 184 valence electrons. The number of nitrogens with zero attached hydrogens (tertiary/aromatic N) is 5. The van der Waals surface area contributed by atoms with E-state index in [4.69, 9.17) is 4.42 Å². The Hall–Kier alpha value is -4.36. The molecule has 0 unspecified atom stereocenters. The Kier molecular flexibility index (Phi) is 6.20. The van der Waals surface area contributed by atoms with Crippen molar-refractivity contribution in [2.24, 2.45) is 0 Å². The lowest BCUT2D eigenvalue weighted by molar-refractivity contribution is 0.0578. The molecular weight excluding hydrogens is 462 g/mol. The first kappa shape index (κ1) is 23.1. The molecule has 0 saturated carbocycles. The largest absolute Gasteiger partial charge is 0.423 e. The summed E-state index contributed by atoms with van der Waals surface area (Å²) < 4.78 is 5.83. The summed E-state index contributed by atoms with van der Waals surface area (Å²) in [5.41, 5.74) is 4.73. The van der Waals surface area contributed by atoms with Crippen molar-refractivity contribution in [3.8, 4) is 11.1 Å². The number of aryl methyl sites for hydroxylation is 1. The second-order valence-corrected chi connectivity index (χ2v) is 9.30. The van der Waals surface area contributed by atoms with Gasteiger partial charge in [-0.1, -0.05) is 60.7 Å². The smallest absolute Gasteiger partial charge is 0.253 e. The van der Waals surface area contributed by atoms with Crippen LogP contribution in [-0.4, -0.2) is 57.1 Å². The standard InChI is InChI=1S/C30H27N5O2/c1-21-32-33-29(37-21)28(22-8-3-2-4-9-22)34-14-16-35(17-15-34)30(36)25-12-7-11-23(18-25)26-19-24-10-5-6-13-27(24)31-20-26/h2-13,18-20,28H,14-17H2,1H3/t28-/m1/s1. The molecule has 6 rings (SSSR count). The third-order valence-electron chi connectivity index (χ3n) is 6.89. The van der Waals surface area contributed by atoms with E-state index in [1.54, 1.807) is 6.92 Å². The van der Waals surface area contributed by atoms with Gasteiger partial charge < -0.3 is 9.32 Å². The van der Waals surface area contributed by atoms with Gasteiger partial charge in [-0.05, 0) is 35.4 Å². The summed E-state index contributed by atoms with van der Waals surface area (Å²) >= 11 is 0. The third kappa shape index (κ3) is 4.73. The zero-order valence-electron chi connectivity index (χ0n) is 20.6. The van der Waals surface area contributed by atoms with Crippen LogP contribution in [0.5, 0.6) is 0 Å². The van der Waals surface area contributed by atoms with Crippen LogP contribution in [0.15, 0.2) is 95.5 Å². The Morgan fingerprint density at radius 2 is 1.62 bits per heavy atom. The zero-order chi connectivity index (χ0) is 25.2. The Bertz CT molecular complexity index is 1540. The van der Waals surface area contributed by atoms with Gasteiger partial charge in [0.05, 0.1) is 5.52 Å². The molecule has 5 aromatic rings. The van der Waals surface area contributed by atoms with Crippen molar-refractivity contribution in [2.75, 3.05) is 26.2 Å². The highest BCUT2D eigenvalue weighted by atomic mass is 16.4. The lowest BCUT2D eigenvalue weighted by Gasteiger charge is -2.38. The molecule has 0 spiro atoms. The van der Waals surface area contributed by atoms with E-state index in [0.29, 0.717) is 43.5 Å². The van der Waals surface area contributed by atoms with E-state index < -0.39 is 0 Å². The van der Waals surface area contributed by atoms with Crippen LogP contribution in [0, 0.1) is 6.92 Å². The molecular formula is C30H27N5O2. The third-order valence-corrected chi connectivity index (χ3v) is 6.89. The van der Waals surface area contributed by atoms with Crippen LogP contribution in [-0.2, 0) is 0 Å². The topological polar surface area (TPSA) is 75.4 Å². The fraction of sp³-hybridized carbons (Fsp3) is 0.200. The molecule has 37 heavy (non-hydrogen) atoms. The predicted octanol–water partition coefficient (Wildman–Crippen LogP) is 5.14. The Morgan fingerprint density at radius 3 is 2.41 bits per heavy atom. The van der Waals surface area contributed by atoms with E-state index in [1.165, 1.54) is 0 Å². The molecule has 1 aliphatic rings. The molecule has 3 aromatic carbocycles. The first-order valence-electron chi connectivity index (χ1n) is 12.5. The number of para-hydroxylation sites is 1. The van der Waals surface area contributed by atoms with Crippen LogP contribution in [0.25, 0.3) is 22.0 Å². The minimum absolute atomic E-state index is 0.0418. The van der Waals surface area contributed by atoms with E-state index in [0.717, 1.165) is 27.6 Å². The summed E-state index contributed by atoms with van der Waals surface area (Å²) in [4.78, 5) is 22.3. The van der Waals surface area contributed by atoms with Gasteiger partial charge in [-0.3, -0.25) is 14.7 Å². The van der Waals surface area contributed by atoms with E-state index >= 15 is 0 Å². The van der Waals surface area contributed by atoms with Crippen molar-refractivity contribution < 1.29 is 9.21 Å². The van der Waals surface area contributed by atoms with E-state index in [1.807, 2.05) is 71.8 Å². The van der Waals surface area contributed by atoms with Gasteiger partial charge in [-0.25, -0.2) is 0 Å². The Morgan fingerprint density at radius 1 is 0.838 bits per heavy atom. The van der Waals surface area contributed by atoms with Crippen LogP contribution in [0.3, 0.4) is 0 Å². The lowest BCUT2D eigenvalue weighted by atomic mass is 10.0. The number of amides is 1. The van der Waals surface area contributed by atoms with Gasteiger partial charge in [0.25, 0.3) is 5.91 Å². The SMILES string of the molecule is Cc1nnc([C@@H](c2ccccc2)N2CCN(C(=O)c3cccc(-c4cnc5ccccc5c4)c3)CC2)o1. The van der Waals surface area contributed by atoms with Crippen LogP contribution in [0.4, 0.5) is 0 Å². The quantitative estimate of drug-likeness (QED) is 0.340. The number of carbonyl (C=O) groups is 1. The number of carbonyl (C=O) groups excluding carboxylic acids is 1. The Balaban J connectivity index is 1.19. The number of hydrogen-bond acceptors (Lipinski definition) is 6. The molecule has 0 radical (unpaired) electrons. The van der Waals surface area contributed by atoms with Crippen molar-refractivity contribution in [1.82, 2.24) is 25.0 Å². The number of pyridine rings is 1. The van der Waals surface area contributed by atoms with Gasteiger partial charge in [0.2, 0.25) is 11.8 Å². The van der Waals surface area contributed by atoms with Gasteiger partial charge in [-0.15, -0.1) is 10.2 Å². The fourth-order valence-corrected chi connectivity index (χ4v) is 4.99. The summed E-state index contributed by atoms with van der Waals surface area (Å²) in [6, 6.07) is 28.0. The molecule has 1 saturated heterocycles. The summed E-state index contributed by atoms with van der Waals surface area (Å²) in [5.74, 6) is 1.17. The summed E-state index contributed by atoms with van der Waals surface area (Å²) in [5, 5.41) is 9.44. The number of hydrogen-bond donors (Lipinski definition) is 0. The molecule has 1 aliphatic heterocycles. The highest BCUT2D eigenvalue weighted by molar-refractivity contribution is 5.96. The monoisotopic (exact) mass is 489 g/mol. The summed E-state index contributed by atoms with van der Waals surface area (Å²) in [6.07, 6.45) is 1.87. The molecule has 0 bridgehead atoms. The lowest BCUT2D eigenvalue weighted by Crippen LogP contribution is -2.50. The predicted molar refractivity (Wildman–Crippen MR) is 142 cm³/mol. The number of fused-ring (bicyclic) bond motifs is 1. The average molecular weight is 490 g/mol. The van der Waals surface area contributed by atoms with Crippen LogP contribution < -0.4 is 0 Å². The van der Waals surface area contributed by atoms with Gasteiger partial charge in [0, 0.05) is 55.8 Å². The highest BCUT2D eigenvalue weighted by Gasteiger charge is 2.31. The molecule has 3 heterocycles. The van der Waals surface area contributed by atoms with Crippen molar-refractivity contribution in [3.05, 3.63) is 114 Å². The molecule has 1 amide bonds. The van der Waals surface area contributed by atoms with Gasteiger partial charge in [0.15, 0.2) is 0 Å². The second kappa shape index (κ2) is 9.95. The zero-order valence-corrected chi connectivity index (χ0v) is 20.6. The number of piperazine rings is 1. The van der Waals surface area contributed by atoms with Crippen molar-refractivity contribution in [3.63, 3.8) is 0 Å². The van der Waals surface area contributed by atoms with Gasteiger partial charge in [-0.2, -0.15) is 0 Å². The van der Waals surface area contributed by atoms with Gasteiger partial charge >= 0.3 is 0 Å². The molecule has 7 nitrogen and oxygen atoms in total. The number of benzene rings is 3. The van der Waals surface area contributed by atoms with E-state index in [9.17, 15) is 4.79 Å². The fourth-order valence-electron chi connectivity index (χ4n) is 4.99. The van der Waals surface area contributed by atoms with Crippen molar-refractivity contribution in [1.29, 1.82) is 0 Å². The minimum Gasteiger partial charge on any atom is -0.423 e. The molecule has 7 heteroatoms. The van der Waals surface area contributed by atoms with Crippen molar-refractivity contribution in [2.45, 2.75) is 13.0 Å². The van der Waals surface area contributed by atoms with Gasteiger partial charge in [0.1, 0.15) is 6.04 Å². The maximum Gasteiger partial charge on any atom is 0.253 e. The Labute approximate surface area is 215 Å². The van der Waals surface area contributed by atoms with Crippen LogP contribution in [0.2, 0.25) is 0 Å². The maximum absolute atomic E-state index is 13.5. The molecule has 1 fully saturated rings. The number of aromatic nitrogens is 3. The summed E-state index contributed by atoms with van der Waals surface area (Å²) in [6.45, 7) is 4.47. The molecule has 0 N–H and O–H groups in total. The molecule has 2 aromatic heterocycles. The second-order valence-electron chi connectivity index (χ2n) is 9.30. The molecule has 1 atom stereocenters. The first-order chi connectivity index (χ1) is 18.2. The minimum atomic E-state index is -0.136. The van der Waals surface area contributed by atoms with Crippen LogP contribution in [0.1, 0.15) is 33.7 Å². The van der Waals surface area contributed by atoms with E-state index in [2.05, 4.69) is 44.3 Å². The van der Waals surface area contributed by atoms with Crippen molar-refractivity contribution >= 4 is 16.8 Å². The van der Waals surface area contributed by atoms with E-state index in [-0.39, 0.29) is 11.9 Å². The maximum atomic E-state index is 13.5. The highest BCUT2D eigenvalue weighted by Crippen LogP contribution is 2.29. The van der Waals surface area contributed by atoms with Crippen LogP contribution >= 0.6 is 0 Å². The normalized spacial score (nSPS) is 15.1. The molecule has 0 aliphatic carbocycles. The average Bonchev–Trinajstić information content (AvgIpc) is 3.39. The first-order valence-corrected chi connectivity index (χ1v) is 12.5. The summed E-state index contributed by atoms with van der Waals surface area (Å²) in [7, 11) is 0.